The molecule has 2 rings (SSSR count). The molecule has 1 aliphatic rings. The second-order valence-corrected chi connectivity index (χ2v) is 4.52. The van der Waals surface area contributed by atoms with E-state index in [-0.39, 0.29) is 6.10 Å². The lowest BCUT2D eigenvalue weighted by atomic mass is 10.1. The van der Waals surface area contributed by atoms with Gasteiger partial charge >= 0.3 is 0 Å². The van der Waals surface area contributed by atoms with Crippen molar-refractivity contribution < 1.29 is 14.6 Å². The van der Waals surface area contributed by atoms with E-state index in [1.165, 1.54) is 0 Å². The monoisotopic (exact) mass is 236 g/mol. The second-order valence-electron chi connectivity index (χ2n) is 4.52. The Morgan fingerprint density at radius 2 is 2.18 bits per heavy atom. The van der Waals surface area contributed by atoms with Crippen molar-refractivity contribution in [3.05, 3.63) is 35.9 Å². The van der Waals surface area contributed by atoms with Gasteiger partial charge < -0.3 is 14.6 Å². The summed E-state index contributed by atoms with van der Waals surface area (Å²) in [6.07, 6.45) is 2.65. The fraction of sp³-hybridized carbons (Fsp3) is 0.571. The lowest BCUT2D eigenvalue weighted by Crippen LogP contribution is -2.22. The van der Waals surface area contributed by atoms with Gasteiger partial charge in [-0.2, -0.15) is 0 Å². The van der Waals surface area contributed by atoms with Crippen molar-refractivity contribution >= 4 is 0 Å². The fourth-order valence-corrected chi connectivity index (χ4v) is 2.06. The molecule has 2 unspecified atom stereocenters. The van der Waals surface area contributed by atoms with Crippen LogP contribution in [0.25, 0.3) is 0 Å². The van der Waals surface area contributed by atoms with Gasteiger partial charge in [0.05, 0.1) is 25.4 Å². The minimum atomic E-state index is -0.432. The molecule has 0 aromatic heterocycles. The minimum absolute atomic E-state index is 0.235. The lowest BCUT2D eigenvalue weighted by molar-refractivity contribution is -0.0166. The van der Waals surface area contributed by atoms with Gasteiger partial charge in [0, 0.05) is 13.0 Å². The largest absolute Gasteiger partial charge is 0.390 e. The highest BCUT2D eigenvalue weighted by molar-refractivity contribution is 5.15. The zero-order valence-corrected chi connectivity index (χ0v) is 10.0. The topological polar surface area (TPSA) is 38.7 Å². The summed E-state index contributed by atoms with van der Waals surface area (Å²) in [5.74, 6) is 0. The molecule has 0 aliphatic carbocycles. The third kappa shape index (κ3) is 4.46. The standard InChI is InChI=1S/C14H20O3/c15-13(9-12-5-2-1-3-6-12)10-16-11-14-7-4-8-17-14/h1-3,5-6,13-15H,4,7-11H2. The Morgan fingerprint density at radius 1 is 1.35 bits per heavy atom. The predicted molar refractivity (Wildman–Crippen MR) is 65.9 cm³/mol. The van der Waals surface area contributed by atoms with E-state index in [0.29, 0.717) is 19.6 Å². The molecule has 1 saturated heterocycles. The van der Waals surface area contributed by atoms with Gasteiger partial charge in [-0.1, -0.05) is 30.3 Å². The Balaban J connectivity index is 1.62. The molecule has 0 saturated carbocycles. The first kappa shape index (κ1) is 12.6. The van der Waals surface area contributed by atoms with Crippen LogP contribution in [0.5, 0.6) is 0 Å². The smallest absolute Gasteiger partial charge is 0.0813 e. The van der Waals surface area contributed by atoms with Crippen molar-refractivity contribution in [1.82, 2.24) is 0 Å². The molecule has 3 nitrogen and oxygen atoms in total. The van der Waals surface area contributed by atoms with Gasteiger partial charge in [0.25, 0.3) is 0 Å². The van der Waals surface area contributed by atoms with Gasteiger partial charge in [0.2, 0.25) is 0 Å². The minimum Gasteiger partial charge on any atom is -0.390 e. The highest BCUT2D eigenvalue weighted by Crippen LogP contribution is 2.12. The van der Waals surface area contributed by atoms with E-state index in [0.717, 1.165) is 25.0 Å². The highest BCUT2D eigenvalue weighted by atomic mass is 16.5. The normalized spacial score (nSPS) is 21.6. The van der Waals surface area contributed by atoms with E-state index in [2.05, 4.69) is 0 Å². The number of benzene rings is 1. The number of aliphatic hydroxyl groups is 1. The van der Waals surface area contributed by atoms with Crippen molar-refractivity contribution in [3.63, 3.8) is 0 Å². The average molecular weight is 236 g/mol. The molecule has 1 fully saturated rings. The van der Waals surface area contributed by atoms with Gasteiger partial charge in [-0.3, -0.25) is 0 Å². The van der Waals surface area contributed by atoms with E-state index in [1.54, 1.807) is 0 Å². The molecule has 94 valence electrons. The summed E-state index contributed by atoms with van der Waals surface area (Å²) >= 11 is 0. The third-order valence-corrected chi connectivity index (χ3v) is 2.95. The van der Waals surface area contributed by atoms with E-state index < -0.39 is 6.10 Å². The molecule has 1 aliphatic heterocycles. The third-order valence-electron chi connectivity index (χ3n) is 2.95. The Hall–Kier alpha value is -0.900. The van der Waals surface area contributed by atoms with Gasteiger partial charge in [-0.25, -0.2) is 0 Å². The van der Waals surface area contributed by atoms with E-state index in [9.17, 15) is 5.11 Å². The molecule has 1 aromatic carbocycles. The molecule has 3 heteroatoms. The van der Waals surface area contributed by atoms with Crippen LogP contribution in [0.2, 0.25) is 0 Å². The molecule has 17 heavy (non-hydrogen) atoms. The summed E-state index contributed by atoms with van der Waals surface area (Å²) in [4.78, 5) is 0. The summed E-state index contributed by atoms with van der Waals surface area (Å²) in [7, 11) is 0. The van der Waals surface area contributed by atoms with Crippen molar-refractivity contribution in [2.75, 3.05) is 19.8 Å². The first-order valence-corrected chi connectivity index (χ1v) is 6.26. The molecule has 1 heterocycles. The van der Waals surface area contributed by atoms with Crippen LogP contribution in [0, 0.1) is 0 Å². The van der Waals surface area contributed by atoms with E-state index >= 15 is 0 Å². The van der Waals surface area contributed by atoms with Gasteiger partial charge in [0.15, 0.2) is 0 Å². The summed E-state index contributed by atoms with van der Waals surface area (Å²) in [5.41, 5.74) is 1.14. The summed E-state index contributed by atoms with van der Waals surface area (Å²) in [5, 5.41) is 9.81. The van der Waals surface area contributed by atoms with Crippen molar-refractivity contribution in [3.8, 4) is 0 Å². The Bertz CT molecular complexity index is 307. The quantitative estimate of drug-likeness (QED) is 0.818. The van der Waals surface area contributed by atoms with E-state index in [1.807, 2.05) is 30.3 Å². The van der Waals surface area contributed by atoms with Crippen LogP contribution in [-0.4, -0.2) is 37.1 Å². The van der Waals surface area contributed by atoms with E-state index in [4.69, 9.17) is 9.47 Å². The van der Waals surface area contributed by atoms with Crippen LogP contribution in [-0.2, 0) is 15.9 Å². The molecule has 0 radical (unpaired) electrons. The molecule has 1 N–H and O–H groups in total. The number of aliphatic hydroxyl groups excluding tert-OH is 1. The number of rotatable bonds is 6. The molecule has 0 amide bonds. The fourth-order valence-electron chi connectivity index (χ4n) is 2.06. The van der Waals surface area contributed by atoms with Crippen LogP contribution in [0.3, 0.4) is 0 Å². The molecular weight excluding hydrogens is 216 g/mol. The van der Waals surface area contributed by atoms with Crippen molar-refractivity contribution in [2.45, 2.75) is 31.5 Å². The maximum atomic E-state index is 9.81. The first-order chi connectivity index (χ1) is 8.34. The zero-order valence-electron chi connectivity index (χ0n) is 10.0. The summed E-state index contributed by atoms with van der Waals surface area (Å²) in [6.45, 7) is 1.83. The van der Waals surface area contributed by atoms with Crippen LogP contribution in [0.1, 0.15) is 18.4 Å². The molecule has 2 atom stereocenters. The number of ether oxygens (including phenoxy) is 2. The first-order valence-electron chi connectivity index (χ1n) is 6.26. The van der Waals surface area contributed by atoms with Gasteiger partial charge in [-0.15, -0.1) is 0 Å². The Morgan fingerprint density at radius 3 is 2.88 bits per heavy atom. The maximum absolute atomic E-state index is 9.81. The second kappa shape index (κ2) is 6.74. The average Bonchev–Trinajstić information content (AvgIpc) is 2.83. The van der Waals surface area contributed by atoms with Gasteiger partial charge in [0.1, 0.15) is 0 Å². The SMILES string of the molecule is OC(COCC1CCCO1)Cc1ccccc1. The lowest BCUT2D eigenvalue weighted by Gasteiger charge is -2.14. The summed E-state index contributed by atoms with van der Waals surface area (Å²) < 4.78 is 10.9. The number of hydrogen-bond donors (Lipinski definition) is 1. The Kier molecular flexibility index (Phi) is 4.98. The number of hydrogen-bond acceptors (Lipinski definition) is 3. The summed E-state index contributed by atoms with van der Waals surface area (Å²) in [6, 6.07) is 9.97. The van der Waals surface area contributed by atoms with Crippen molar-refractivity contribution in [2.24, 2.45) is 0 Å². The molecule has 0 spiro atoms. The Labute approximate surface area is 102 Å². The van der Waals surface area contributed by atoms with Crippen LogP contribution in [0.4, 0.5) is 0 Å². The predicted octanol–water partition coefficient (Wildman–Crippen LogP) is 1.79. The maximum Gasteiger partial charge on any atom is 0.0813 e. The molecule has 0 bridgehead atoms. The van der Waals surface area contributed by atoms with Crippen LogP contribution >= 0.6 is 0 Å². The molecular formula is C14H20O3. The van der Waals surface area contributed by atoms with Crippen LogP contribution < -0.4 is 0 Å². The van der Waals surface area contributed by atoms with Crippen molar-refractivity contribution in [1.29, 1.82) is 0 Å². The molecule has 1 aromatic rings. The van der Waals surface area contributed by atoms with Crippen LogP contribution in [0.15, 0.2) is 30.3 Å². The zero-order chi connectivity index (χ0) is 11.9. The highest BCUT2D eigenvalue weighted by Gasteiger charge is 2.16. The van der Waals surface area contributed by atoms with Gasteiger partial charge in [-0.05, 0) is 18.4 Å².